The molecule has 0 aliphatic rings. The molecule has 0 bridgehead atoms. The molecule has 0 saturated carbocycles. The Labute approximate surface area is 113 Å². The van der Waals surface area contributed by atoms with E-state index in [0.717, 1.165) is 6.42 Å². The second-order valence-corrected chi connectivity index (χ2v) is 4.98. The Morgan fingerprint density at radius 1 is 1.32 bits per heavy atom. The zero-order chi connectivity index (χ0) is 13.7. The van der Waals surface area contributed by atoms with E-state index < -0.39 is 0 Å². The van der Waals surface area contributed by atoms with Crippen molar-refractivity contribution in [2.45, 2.75) is 52.0 Å². The molecule has 0 saturated heterocycles. The van der Waals surface area contributed by atoms with Crippen molar-refractivity contribution in [1.29, 1.82) is 0 Å². The minimum Gasteiger partial charge on any atom is -0.350 e. The SMILES string of the molecule is CCCCCCC(C)Nc1nc2ccc(F)cn2n1. The molecule has 0 amide bonds. The molecule has 2 rings (SSSR count). The molecule has 0 radical (unpaired) electrons. The molecule has 5 heteroatoms. The van der Waals surface area contributed by atoms with E-state index in [1.807, 2.05) is 0 Å². The van der Waals surface area contributed by atoms with Gasteiger partial charge in [0.25, 0.3) is 0 Å². The molecule has 19 heavy (non-hydrogen) atoms. The maximum Gasteiger partial charge on any atom is 0.243 e. The van der Waals surface area contributed by atoms with E-state index >= 15 is 0 Å². The molecular weight excluding hydrogens is 243 g/mol. The number of hydrogen-bond donors (Lipinski definition) is 1. The molecule has 0 fully saturated rings. The lowest BCUT2D eigenvalue weighted by atomic mass is 10.1. The van der Waals surface area contributed by atoms with Crippen LogP contribution in [-0.2, 0) is 0 Å². The summed E-state index contributed by atoms with van der Waals surface area (Å²) in [5.74, 6) is 0.255. The monoisotopic (exact) mass is 264 g/mol. The number of aromatic nitrogens is 3. The van der Waals surface area contributed by atoms with Gasteiger partial charge in [0.1, 0.15) is 5.82 Å². The van der Waals surface area contributed by atoms with Crippen molar-refractivity contribution in [2.24, 2.45) is 0 Å². The number of fused-ring (bicyclic) bond motifs is 1. The second-order valence-electron chi connectivity index (χ2n) is 4.98. The molecule has 0 aliphatic heterocycles. The minimum atomic E-state index is -0.309. The van der Waals surface area contributed by atoms with E-state index in [1.165, 1.54) is 42.5 Å². The minimum absolute atomic E-state index is 0.309. The predicted molar refractivity (Wildman–Crippen MR) is 74.8 cm³/mol. The van der Waals surface area contributed by atoms with Gasteiger partial charge in [-0.1, -0.05) is 32.6 Å². The number of unbranched alkanes of at least 4 members (excludes halogenated alkanes) is 3. The first-order valence-electron chi connectivity index (χ1n) is 6.97. The van der Waals surface area contributed by atoms with Gasteiger partial charge in [0.2, 0.25) is 5.95 Å². The fourth-order valence-electron chi connectivity index (χ4n) is 2.09. The molecule has 0 aliphatic carbocycles. The molecule has 2 heterocycles. The zero-order valence-corrected chi connectivity index (χ0v) is 11.6. The fraction of sp³-hybridized carbons (Fsp3) is 0.571. The van der Waals surface area contributed by atoms with Crippen LogP contribution in [0.15, 0.2) is 18.3 Å². The van der Waals surface area contributed by atoms with Crippen molar-refractivity contribution in [2.75, 3.05) is 5.32 Å². The summed E-state index contributed by atoms with van der Waals surface area (Å²) < 4.78 is 14.5. The lowest BCUT2D eigenvalue weighted by Gasteiger charge is -2.11. The van der Waals surface area contributed by atoms with E-state index in [0.29, 0.717) is 17.6 Å². The van der Waals surface area contributed by atoms with E-state index in [4.69, 9.17) is 0 Å². The molecule has 1 atom stereocenters. The molecule has 0 aromatic carbocycles. The maximum atomic E-state index is 13.0. The smallest absolute Gasteiger partial charge is 0.243 e. The van der Waals surface area contributed by atoms with Crippen LogP contribution in [0.1, 0.15) is 46.0 Å². The first kappa shape index (κ1) is 13.8. The summed E-state index contributed by atoms with van der Waals surface area (Å²) in [5.41, 5.74) is 0.655. The third-order valence-corrected chi connectivity index (χ3v) is 3.16. The first-order valence-corrected chi connectivity index (χ1v) is 6.97. The van der Waals surface area contributed by atoms with Crippen LogP contribution in [0.5, 0.6) is 0 Å². The highest BCUT2D eigenvalue weighted by molar-refractivity contribution is 5.43. The number of hydrogen-bond acceptors (Lipinski definition) is 3. The van der Waals surface area contributed by atoms with Crippen LogP contribution in [0.2, 0.25) is 0 Å². The fourth-order valence-corrected chi connectivity index (χ4v) is 2.09. The largest absolute Gasteiger partial charge is 0.350 e. The van der Waals surface area contributed by atoms with E-state index in [-0.39, 0.29) is 5.82 Å². The Morgan fingerprint density at radius 2 is 2.16 bits per heavy atom. The molecule has 1 N–H and O–H groups in total. The van der Waals surface area contributed by atoms with E-state index in [1.54, 1.807) is 6.07 Å². The highest BCUT2D eigenvalue weighted by atomic mass is 19.1. The van der Waals surface area contributed by atoms with Crippen LogP contribution in [0, 0.1) is 5.82 Å². The number of pyridine rings is 1. The van der Waals surface area contributed by atoms with Crippen LogP contribution in [-0.4, -0.2) is 20.6 Å². The zero-order valence-electron chi connectivity index (χ0n) is 11.6. The van der Waals surface area contributed by atoms with E-state index in [2.05, 4.69) is 29.2 Å². The van der Waals surface area contributed by atoms with E-state index in [9.17, 15) is 4.39 Å². The van der Waals surface area contributed by atoms with Gasteiger partial charge in [-0.05, 0) is 25.5 Å². The third-order valence-electron chi connectivity index (χ3n) is 3.16. The summed E-state index contributed by atoms with van der Waals surface area (Å²) >= 11 is 0. The molecule has 0 spiro atoms. The molecule has 104 valence electrons. The van der Waals surface area contributed by atoms with Gasteiger partial charge in [0.15, 0.2) is 5.65 Å². The summed E-state index contributed by atoms with van der Waals surface area (Å²) in [7, 11) is 0. The quantitative estimate of drug-likeness (QED) is 0.776. The summed E-state index contributed by atoms with van der Waals surface area (Å²) in [4.78, 5) is 4.31. The maximum absolute atomic E-state index is 13.0. The Bertz CT molecular complexity index is 523. The molecule has 1 unspecified atom stereocenters. The Morgan fingerprint density at radius 3 is 2.95 bits per heavy atom. The number of halogens is 1. The van der Waals surface area contributed by atoms with Crippen molar-refractivity contribution < 1.29 is 4.39 Å². The second kappa shape index (κ2) is 6.50. The summed E-state index contributed by atoms with van der Waals surface area (Å²) in [5, 5.41) is 7.47. The third kappa shape index (κ3) is 3.91. The van der Waals surface area contributed by atoms with Crippen molar-refractivity contribution in [1.82, 2.24) is 14.6 Å². The molecule has 4 nitrogen and oxygen atoms in total. The summed E-state index contributed by atoms with van der Waals surface area (Å²) in [6, 6.07) is 3.35. The van der Waals surface area contributed by atoms with Gasteiger partial charge in [0.05, 0.1) is 6.20 Å². The average molecular weight is 264 g/mol. The van der Waals surface area contributed by atoms with Crippen LogP contribution >= 0.6 is 0 Å². The lowest BCUT2D eigenvalue weighted by Crippen LogP contribution is -2.15. The van der Waals surface area contributed by atoms with Crippen LogP contribution in [0.3, 0.4) is 0 Å². The molecule has 2 aromatic rings. The highest BCUT2D eigenvalue weighted by Gasteiger charge is 2.07. The van der Waals surface area contributed by atoms with Crippen LogP contribution in [0.25, 0.3) is 5.65 Å². The summed E-state index contributed by atoms with van der Waals surface area (Å²) in [6.45, 7) is 4.33. The number of nitrogens with one attached hydrogen (secondary N) is 1. The first-order chi connectivity index (χ1) is 9.19. The molecular formula is C14H21FN4. The topological polar surface area (TPSA) is 42.2 Å². The molecule has 2 aromatic heterocycles. The van der Waals surface area contributed by atoms with Gasteiger partial charge in [-0.2, -0.15) is 4.98 Å². The van der Waals surface area contributed by atoms with Gasteiger partial charge in [-0.3, -0.25) is 0 Å². The van der Waals surface area contributed by atoms with Crippen molar-refractivity contribution in [3.05, 3.63) is 24.1 Å². The van der Waals surface area contributed by atoms with Gasteiger partial charge in [-0.25, -0.2) is 8.91 Å². The van der Waals surface area contributed by atoms with Gasteiger partial charge in [0, 0.05) is 6.04 Å². The Kier molecular flexibility index (Phi) is 4.71. The van der Waals surface area contributed by atoms with Crippen molar-refractivity contribution in [3.8, 4) is 0 Å². The number of rotatable bonds is 7. The van der Waals surface area contributed by atoms with Crippen molar-refractivity contribution in [3.63, 3.8) is 0 Å². The van der Waals surface area contributed by atoms with Crippen LogP contribution in [0.4, 0.5) is 10.3 Å². The highest BCUT2D eigenvalue weighted by Crippen LogP contribution is 2.11. The number of nitrogens with zero attached hydrogens (tertiary/aromatic N) is 3. The van der Waals surface area contributed by atoms with Crippen LogP contribution < -0.4 is 5.32 Å². The average Bonchev–Trinajstić information content (AvgIpc) is 2.76. The van der Waals surface area contributed by atoms with Gasteiger partial charge < -0.3 is 5.32 Å². The lowest BCUT2D eigenvalue weighted by molar-refractivity contribution is 0.591. The standard InChI is InChI=1S/C14H21FN4/c1-3-4-5-6-7-11(2)16-14-17-13-9-8-12(15)10-19(13)18-14/h8-11H,3-7H2,1-2H3,(H,16,18). The van der Waals surface area contributed by atoms with Gasteiger partial charge >= 0.3 is 0 Å². The Hall–Kier alpha value is -1.65. The van der Waals surface area contributed by atoms with Crippen molar-refractivity contribution >= 4 is 11.6 Å². The summed E-state index contributed by atoms with van der Waals surface area (Å²) in [6.07, 6.45) is 7.46. The van der Waals surface area contributed by atoms with Gasteiger partial charge in [-0.15, -0.1) is 5.10 Å². The normalized spacial score (nSPS) is 12.8. The Balaban J connectivity index is 1.89. The number of anilines is 1. The predicted octanol–water partition coefficient (Wildman–Crippen LogP) is 3.64.